The molecule has 1 unspecified atom stereocenters. The third kappa shape index (κ3) is 2.54. The van der Waals surface area contributed by atoms with Crippen molar-refractivity contribution in [2.45, 2.75) is 6.04 Å². The Balaban J connectivity index is 2.15. The average Bonchev–Trinajstić information content (AvgIpc) is 2.96. The van der Waals surface area contributed by atoms with E-state index in [2.05, 4.69) is 72.9 Å². The molecular weight excluding hydrogens is 406 g/mol. The van der Waals surface area contributed by atoms with Gasteiger partial charge < -0.3 is 5.32 Å². The van der Waals surface area contributed by atoms with Gasteiger partial charge in [-0.15, -0.1) is 22.7 Å². The van der Waals surface area contributed by atoms with Crippen LogP contribution >= 0.6 is 54.5 Å². The molecule has 3 rings (SSSR count). The Morgan fingerprint density at radius 3 is 2.63 bits per heavy atom. The fourth-order valence-corrected chi connectivity index (χ4v) is 6.14. The van der Waals surface area contributed by atoms with Crippen molar-refractivity contribution in [2.24, 2.45) is 0 Å². The minimum atomic E-state index is 0.216. The molecule has 1 aromatic carbocycles. The van der Waals surface area contributed by atoms with Gasteiger partial charge in [-0.1, -0.05) is 18.2 Å². The summed E-state index contributed by atoms with van der Waals surface area (Å²) in [6, 6.07) is 11.0. The lowest BCUT2D eigenvalue weighted by molar-refractivity contribution is 0.699. The lowest BCUT2D eigenvalue weighted by Gasteiger charge is -2.15. The Morgan fingerprint density at radius 1 is 1.16 bits per heavy atom. The third-order valence-electron chi connectivity index (χ3n) is 3.10. The van der Waals surface area contributed by atoms with E-state index in [1.54, 1.807) is 22.7 Å². The van der Waals surface area contributed by atoms with Crippen LogP contribution in [0.3, 0.4) is 0 Å². The van der Waals surface area contributed by atoms with E-state index in [9.17, 15) is 0 Å². The summed E-state index contributed by atoms with van der Waals surface area (Å²) in [5, 5.41) is 7.02. The first-order chi connectivity index (χ1) is 9.20. The molecule has 19 heavy (non-hydrogen) atoms. The van der Waals surface area contributed by atoms with Crippen LogP contribution in [0.4, 0.5) is 0 Å². The standard InChI is InChI=1S/C14H11Br2NS2/c1-17-13(9-6-12(15)19-14(9)16)10-7-18-11-5-3-2-4-8(10)11/h2-7,13,17H,1H3. The zero-order chi connectivity index (χ0) is 13.4. The van der Waals surface area contributed by atoms with Crippen molar-refractivity contribution in [3.05, 3.63) is 54.4 Å². The van der Waals surface area contributed by atoms with Crippen LogP contribution in [0.25, 0.3) is 10.1 Å². The van der Waals surface area contributed by atoms with Gasteiger partial charge in [0.1, 0.15) is 0 Å². The molecule has 1 nitrogen and oxygen atoms in total. The van der Waals surface area contributed by atoms with E-state index in [0.717, 1.165) is 3.79 Å². The first-order valence-electron chi connectivity index (χ1n) is 5.79. The van der Waals surface area contributed by atoms with Crippen LogP contribution in [0.1, 0.15) is 17.2 Å². The van der Waals surface area contributed by atoms with E-state index >= 15 is 0 Å². The number of benzene rings is 1. The molecule has 0 bridgehead atoms. The minimum Gasteiger partial charge on any atom is -0.309 e. The molecule has 0 aliphatic carbocycles. The first kappa shape index (κ1) is 13.8. The number of hydrogen-bond acceptors (Lipinski definition) is 3. The molecule has 3 aromatic rings. The van der Waals surface area contributed by atoms with Crippen molar-refractivity contribution in [1.82, 2.24) is 5.32 Å². The van der Waals surface area contributed by atoms with Gasteiger partial charge in [0.05, 0.1) is 13.6 Å². The van der Waals surface area contributed by atoms with E-state index in [1.165, 1.54) is 25.0 Å². The Bertz CT molecular complexity index is 717. The monoisotopic (exact) mass is 415 g/mol. The second-order valence-corrected chi connectivity index (χ2v) is 8.85. The Kier molecular flexibility index (Phi) is 4.10. The maximum absolute atomic E-state index is 3.66. The summed E-state index contributed by atoms with van der Waals surface area (Å²) in [4.78, 5) is 0. The molecule has 0 fully saturated rings. The van der Waals surface area contributed by atoms with Crippen LogP contribution in [0.15, 0.2) is 43.3 Å². The molecule has 0 aliphatic rings. The summed E-state index contributed by atoms with van der Waals surface area (Å²) in [6.07, 6.45) is 0. The molecule has 98 valence electrons. The highest BCUT2D eigenvalue weighted by molar-refractivity contribution is 9.12. The van der Waals surface area contributed by atoms with Crippen LogP contribution < -0.4 is 5.32 Å². The van der Waals surface area contributed by atoms with Crippen molar-refractivity contribution in [3.8, 4) is 0 Å². The molecule has 0 amide bonds. The molecule has 2 aromatic heterocycles. The molecule has 0 spiro atoms. The SMILES string of the molecule is CNC(c1cc(Br)sc1Br)c1csc2ccccc12. The first-order valence-corrected chi connectivity index (χ1v) is 9.07. The van der Waals surface area contributed by atoms with Crippen molar-refractivity contribution >= 4 is 64.6 Å². The topological polar surface area (TPSA) is 12.0 Å². The minimum absolute atomic E-state index is 0.216. The zero-order valence-corrected chi connectivity index (χ0v) is 14.9. The highest BCUT2D eigenvalue weighted by Gasteiger charge is 2.20. The van der Waals surface area contributed by atoms with Gasteiger partial charge in [-0.05, 0) is 72.9 Å². The third-order valence-corrected chi connectivity index (χ3v) is 6.47. The van der Waals surface area contributed by atoms with Crippen molar-refractivity contribution < 1.29 is 0 Å². The number of thiophene rings is 2. The average molecular weight is 417 g/mol. The predicted octanol–water partition coefficient (Wildman–Crippen LogP) is 5.80. The van der Waals surface area contributed by atoms with Gasteiger partial charge in [0, 0.05) is 4.70 Å². The molecule has 2 heterocycles. The lowest BCUT2D eigenvalue weighted by Crippen LogP contribution is -2.16. The van der Waals surface area contributed by atoms with E-state index in [0.29, 0.717) is 0 Å². The Hall–Kier alpha value is -0.200. The van der Waals surface area contributed by atoms with E-state index in [1.807, 2.05) is 7.05 Å². The Labute approximate surface area is 136 Å². The van der Waals surface area contributed by atoms with Crippen molar-refractivity contribution in [2.75, 3.05) is 7.05 Å². The van der Waals surface area contributed by atoms with Gasteiger partial charge in [-0.2, -0.15) is 0 Å². The van der Waals surface area contributed by atoms with E-state index in [-0.39, 0.29) is 6.04 Å². The Morgan fingerprint density at radius 2 is 1.95 bits per heavy atom. The van der Waals surface area contributed by atoms with E-state index in [4.69, 9.17) is 0 Å². The van der Waals surface area contributed by atoms with Gasteiger partial charge in [0.15, 0.2) is 0 Å². The summed E-state index contributed by atoms with van der Waals surface area (Å²) in [5.41, 5.74) is 2.62. The van der Waals surface area contributed by atoms with E-state index < -0.39 is 0 Å². The van der Waals surface area contributed by atoms with Crippen molar-refractivity contribution in [3.63, 3.8) is 0 Å². The van der Waals surface area contributed by atoms with Crippen LogP contribution in [0.5, 0.6) is 0 Å². The quantitative estimate of drug-likeness (QED) is 0.569. The molecule has 0 saturated carbocycles. The van der Waals surface area contributed by atoms with Gasteiger partial charge >= 0.3 is 0 Å². The number of halogens is 2. The number of fused-ring (bicyclic) bond motifs is 1. The highest BCUT2D eigenvalue weighted by atomic mass is 79.9. The van der Waals surface area contributed by atoms with Crippen LogP contribution in [-0.2, 0) is 0 Å². The molecule has 1 atom stereocenters. The number of rotatable bonds is 3. The molecule has 0 saturated heterocycles. The van der Waals surface area contributed by atoms with Gasteiger partial charge in [-0.25, -0.2) is 0 Å². The fourth-order valence-electron chi connectivity index (χ4n) is 2.25. The van der Waals surface area contributed by atoms with Crippen LogP contribution in [0, 0.1) is 0 Å². The largest absolute Gasteiger partial charge is 0.309 e. The lowest BCUT2D eigenvalue weighted by atomic mass is 10.0. The summed E-state index contributed by atoms with van der Waals surface area (Å²) in [7, 11) is 2.01. The number of nitrogens with one attached hydrogen (secondary N) is 1. The van der Waals surface area contributed by atoms with Gasteiger partial charge in [0.25, 0.3) is 0 Å². The summed E-state index contributed by atoms with van der Waals surface area (Å²) in [6.45, 7) is 0. The maximum atomic E-state index is 3.66. The zero-order valence-electron chi connectivity index (χ0n) is 10.1. The highest BCUT2D eigenvalue weighted by Crippen LogP contribution is 2.40. The summed E-state index contributed by atoms with van der Waals surface area (Å²) >= 11 is 10.7. The molecule has 1 N–H and O–H groups in total. The fraction of sp³-hybridized carbons (Fsp3) is 0.143. The van der Waals surface area contributed by atoms with Gasteiger partial charge in [-0.3, -0.25) is 0 Å². The second-order valence-electron chi connectivity index (χ2n) is 4.19. The maximum Gasteiger partial charge on any atom is 0.0761 e. The molecule has 0 radical (unpaired) electrons. The normalized spacial score (nSPS) is 13.0. The smallest absolute Gasteiger partial charge is 0.0761 e. The number of hydrogen-bond donors (Lipinski definition) is 1. The summed E-state index contributed by atoms with van der Waals surface area (Å²) < 4.78 is 3.66. The van der Waals surface area contributed by atoms with Crippen LogP contribution in [-0.4, -0.2) is 7.05 Å². The second kappa shape index (κ2) is 5.66. The molecule has 0 aliphatic heterocycles. The summed E-state index contributed by atoms with van der Waals surface area (Å²) in [5.74, 6) is 0. The van der Waals surface area contributed by atoms with Crippen molar-refractivity contribution in [1.29, 1.82) is 0 Å². The predicted molar refractivity (Wildman–Crippen MR) is 92.4 cm³/mol. The molecule has 5 heteroatoms. The van der Waals surface area contributed by atoms with Gasteiger partial charge in [0.2, 0.25) is 0 Å². The molecular formula is C14H11Br2NS2. The van der Waals surface area contributed by atoms with Crippen LogP contribution in [0.2, 0.25) is 0 Å².